The Kier molecular flexibility index (Phi) is 1.76. The zero-order valence-electron chi connectivity index (χ0n) is 6.07. The number of benzene rings is 1. The highest BCUT2D eigenvalue weighted by atomic mass is 32.1. The van der Waals surface area contributed by atoms with Crippen molar-refractivity contribution in [2.75, 3.05) is 0 Å². The van der Waals surface area contributed by atoms with Crippen molar-refractivity contribution < 1.29 is 17.6 Å². The summed E-state index contributed by atoms with van der Waals surface area (Å²) in [6.07, 6.45) is 0. The Morgan fingerprint density at radius 2 is 1.62 bits per heavy atom. The maximum atomic E-state index is 12.9. The molecule has 68 valence electrons. The summed E-state index contributed by atoms with van der Waals surface area (Å²) in [5, 5.41) is 0.524. The lowest BCUT2D eigenvalue weighted by Crippen LogP contribution is -1.90. The molecule has 0 spiro atoms. The Morgan fingerprint density at radius 1 is 0.923 bits per heavy atom. The number of hydrogen-bond donors (Lipinski definition) is 0. The lowest BCUT2D eigenvalue weighted by atomic mass is 10.2. The quantitative estimate of drug-likeness (QED) is 0.457. The van der Waals surface area contributed by atoms with Crippen molar-refractivity contribution in [1.29, 1.82) is 0 Å². The zero-order valence-corrected chi connectivity index (χ0v) is 6.89. The van der Waals surface area contributed by atoms with Crippen molar-refractivity contribution in [2.24, 2.45) is 0 Å². The van der Waals surface area contributed by atoms with E-state index >= 15 is 0 Å². The first-order valence-electron chi connectivity index (χ1n) is 3.31. The van der Waals surface area contributed by atoms with Gasteiger partial charge in [0.05, 0.1) is 5.39 Å². The second kappa shape index (κ2) is 2.70. The smallest absolute Gasteiger partial charge is 0.195 e. The van der Waals surface area contributed by atoms with Crippen molar-refractivity contribution in [3.8, 4) is 0 Å². The van der Waals surface area contributed by atoms with Crippen LogP contribution in [-0.4, -0.2) is 0 Å². The molecule has 0 saturated carbocycles. The fourth-order valence-corrected chi connectivity index (χ4v) is 1.89. The molecule has 0 saturated heterocycles. The first kappa shape index (κ1) is 8.50. The summed E-state index contributed by atoms with van der Waals surface area (Å²) in [6, 6.07) is 0.779. The molecule has 1 aromatic heterocycles. The van der Waals surface area contributed by atoms with Crippen molar-refractivity contribution in [2.45, 2.75) is 0 Å². The van der Waals surface area contributed by atoms with E-state index in [2.05, 4.69) is 0 Å². The van der Waals surface area contributed by atoms with E-state index < -0.39 is 28.7 Å². The second-order valence-electron chi connectivity index (χ2n) is 2.44. The summed E-state index contributed by atoms with van der Waals surface area (Å²) in [6.45, 7) is 0. The van der Waals surface area contributed by atoms with Crippen molar-refractivity contribution in [3.05, 3.63) is 34.7 Å². The van der Waals surface area contributed by atoms with Crippen LogP contribution in [0.3, 0.4) is 0 Å². The second-order valence-corrected chi connectivity index (χ2v) is 3.35. The van der Waals surface area contributed by atoms with Crippen LogP contribution in [0.4, 0.5) is 17.6 Å². The van der Waals surface area contributed by atoms with E-state index in [1.807, 2.05) is 0 Å². The van der Waals surface area contributed by atoms with Gasteiger partial charge in [-0.05, 0) is 6.07 Å². The van der Waals surface area contributed by atoms with Crippen LogP contribution in [0.5, 0.6) is 0 Å². The maximum absolute atomic E-state index is 12.9. The Labute approximate surface area is 74.4 Å². The van der Waals surface area contributed by atoms with Crippen LogP contribution in [0.2, 0.25) is 0 Å². The molecule has 0 unspecified atom stereocenters. The van der Waals surface area contributed by atoms with E-state index in [1.54, 1.807) is 0 Å². The number of fused-ring (bicyclic) bond motifs is 1. The summed E-state index contributed by atoms with van der Waals surface area (Å²) in [5.74, 6) is -5.26. The molecule has 13 heavy (non-hydrogen) atoms. The van der Waals surface area contributed by atoms with E-state index in [0.717, 1.165) is 22.8 Å². The summed E-state index contributed by atoms with van der Waals surface area (Å²) in [7, 11) is 0. The Bertz CT molecular complexity index is 474. The SMILES string of the molecule is Fc1cc2scc(F)c2c(F)c1F. The highest BCUT2D eigenvalue weighted by molar-refractivity contribution is 7.17. The molecule has 1 aromatic carbocycles. The lowest BCUT2D eigenvalue weighted by Gasteiger charge is -1.96. The molecule has 0 N–H and O–H groups in total. The van der Waals surface area contributed by atoms with E-state index in [4.69, 9.17) is 0 Å². The average Bonchev–Trinajstić information content (AvgIpc) is 2.43. The molecule has 0 fully saturated rings. The fraction of sp³-hybridized carbons (Fsp3) is 0. The van der Waals surface area contributed by atoms with Gasteiger partial charge in [0.2, 0.25) is 0 Å². The van der Waals surface area contributed by atoms with Crippen LogP contribution in [0.15, 0.2) is 11.4 Å². The fourth-order valence-electron chi connectivity index (χ4n) is 1.06. The first-order chi connectivity index (χ1) is 6.11. The van der Waals surface area contributed by atoms with Gasteiger partial charge in [-0.2, -0.15) is 0 Å². The van der Waals surface area contributed by atoms with Gasteiger partial charge in [0, 0.05) is 10.1 Å². The van der Waals surface area contributed by atoms with Crippen LogP contribution in [0, 0.1) is 23.3 Å². The van der Waals surface area contributed by atoms with E-state index in [-0.39, 0.29) is 4.70 Å². The summed E-state index contributed by atoms with van der Waals surface area (Å²) in [5.41, 5.74) is 0. The molecule has 1 heterocycles. The molecule has 5 heteroatoms. The van der Waals surface area contributed by atoms with Gasteiger partial charge in [0.15, 0.2) is 17.5 Å². The van der Waals surface area contributed by atoms with Crippen molar-refractivity contribution in [3.63, 3.8) is 0 Å². The van der Waals surface area contributed by atoms with Gasteiger partial charge in [0.25, 0.3) is 0 Å². The van der Waals surface area contributed by atoms with Crippen LogP contribution in [-0.2, 0) is 0 Å². The van der Waals surface area contributed by atoms with Gasteiger partial charge in [-0.1, -0.05) is 0 Å². The summed E-state index contributed by atoms with van der Waals surface area (Å²) in [4.78, 5) is 0. The predicted octanol–water partition coefficient (Wildman–Crippen LogP) is 3.46. The summed E-state index contributed by atoms with van der Waals surface area (Å²) < 4.78 is 51.0. The van der Waals surface area contributed by atoms with Crippen LogP contribution < -0.4 is 0 Å². The molecule has 2 aromatic rings. The lowest BCUT2D eigenvalue weighted by molar-refractivity contribution is 0.452. The van der Waals surface area contributed by atoms with Gasteiger partial charge in [-0.15, -0.1) is 11.3 Å². The number of rotatable bonds is 0. The minimum atomic E-state index is -1.63. The van der Waals surface area contributed by atoms with E-state index in [9.17, 15) is 17.6 Å². The highest BCUT2D eigenvalue weighted by Crippen LogP contribution is 2.29. The number of hydrogen-bond acceptors (Lipinski definition) is 1. The normalized spacial score (nSPS) is 11.1. The minimum absolute atomic E-state index is 0.0638. The molecular weight excluding hydrogens is 204 g/mol. The Hall–Kier alpha value is -1.10. The first-order valence-corrected chi connectivity index (χ1v) is 4.19. The Balaban J connectivity index is 2.97. The van der Waals surface area contributed by atoms with E-state index in [1.165, 1.54) is 0 Å². The molecule has 0 atom stereocenters. The Morgan fingerprint density at radius 3 is 2.31 bits per heavy atom. The molecule has 0 aliphatic rings. The zero-order chi connectivity index (χ0) is 9.59. The van der Waals surface area contributed by atoms with Gasteiger partial charge in [-0.3, -0.25) is 0 Å². The number of halogens is 4. The predicted molar refractivity (Wildman–Crippen MR) is 41.7 cm³/mol. The minimum Gasteiger partial charge on any atom is -0.205 e. The number of thiophene rings is 1. The highest BCUT2D eigenvalue weighted by Gasteiger charge is 2.17. The molecule has 0 aliphatic heterocycles. The third-order valence-corrected chi connectivity index (χ3v) is 2.55. The van der Waals surface area contributed by atoms with Crippen molar-refractivity contribution >= 4 is 21.4 Å². The molecule has 0 aliphatic carbocycles. The van der Waals surface area contributed by atoms with E-state index in [0.29, 0.717) is 0 Å². The molecular formula is C8H2F4S. The van der Waals surface area contributed by atoms with Gasteiger partial charge in [-0.25, -0.2) is 17.6 Å². The molecule has 0 amide bonds. The third kappa shape index (κ3) is 1.11. The molecule has 0 nitrogen and oxygen atoms in total. The topological polar surface area (TPSA) is 0 Å². The van der Waals surface area contributed by atoms with Gasteiger partial charge in [0.1, 0.15) is 5.82 Å². The largest absolute Gasteiger partial charge is 0.205 e. The van der Waals surface area contributed by atoms with Crippen LogP contribution >= 0.6 is 11.3 Å². The van der Waals surface area contributed by atoms with Gasteiger partial charge < -0.3 is 0 Å². The van der Waals surface area contributed by atoms with Crippen LogP contribution in [0.1, 0.15) is 0 Å². The maximum Gasteiger partial charge on any atom is 0.195 e. The van der Waals surface area contributed by atoms with Crippen molar-refractivity contribution in [1.82, 2.24) is 0 Å². The average molecular weight is 206 g/mol. The standard InChI is InChI=1S/C8H2F4S/c9-3-1-5-6(4(10)2-13-5)8(12)7(3)11/h1-2H. The monoisotopic (exact) mass is 206 g/mol. The molecule has 0 radical (unpaired) electrons. The molecule has 0 bridgehead atoms. The summed E-state index contributed by atoms with van der Waals surface area (Å²) >= 11 is 0.829. The van der Waals surface area contributed by atoms with Crippen LogP contribution in [0.25, 0.3) is 10.1 Å². The molecule has 2 rings (SSSR count). The van der Waals surface area contributed by atoms with Gasteiger partial charge >= 0.3 is 0 Å². The third-order valence-electron chi connectivity index (χ3n) is 1.65.